The smallest absolute Gasteiger partial charge is 0.0220 e. The van der Waals surface area contributed by atoms with Crippen LogP contribution in [0.2, 0.25) is 0 Å². The molecule has 3 aliphatic rings. The lowest BCUT2D eigenvalue weighted by molar-refractivity contribution is 0.308. The summed E-state index contributed by atoms with van der Waals surface area (Å²) in [5.41, 5.74) is 31.5. The van der Waals surface area contributed by atoms with Crippen LogP contribution in [-0.4, -0.2) is 0 Å². The Hall–Kier alpha value is -8.06. The Bertz CT molecular complexity index is 4260. The Balaban J connectivity index is 0.866. The van der Waals surface area contributed by atoms with E-state index in [0.717, 1.165) is 38.5 Å². The molecule has 492 valence electrons. The van der Waals surface area contributed by atoms with Gasteiger partial charge < -0.3 is 0 Å². The fourth-order valence-corrected chi connectivity index (χ4v) is 17.2. The average molecular weight is 1260 g/mol. The predicted octanol–water partition coefficient (Wildman–Crippen LogP) is 28.0. The van der Waals surface area contributed by atoms with Crippen molar-refractivity contribution in [3.05, 3.63) is 266 Å². The minimum absolute atomic E-state index is 0.000519. The van der Waals surface area contributed by atoms with Gasteiger partial charge in [0.25, 0.3) is 0 Å². The fourth-order valence-electron chi connectivity index (χ4n) is 17.2. The van der Waals surface area contributed by atoms with E-state index in [-0.39, 0.29) is 16.2 Å². The molecule has 0 nitrogen and oxygen atoms in total. The maximum absolute atomic E-state index is 2.69. The van der Waals surface area contributed by atoms with Crippen LogP contribution >= 0.6 is 0 Å². The summed E-state index contributed by atoms with van der Waals surface area (Å²) in [5, 5.41) is 0. The van der Waals surface area contributed by atoms with Crippen LogP contribution in [0.1, 0.15) is 239 Å². The molecule has 0 N–H and O–H groups in total. The molecule has 6 unspecified atom stereocenters. The van der Waals surface area contributed by atoms with Crippen LogP contribution in [0.15, 0.2) is 194 Å². The third-order valence-electron chi connectivity index (χ3n) is 23.6. The molecule has 96 heavy (non-hydrogen) atoms. The maximum atomic E-state index is 2.69. The summed E-state index contributed by atoms with van der Waals surface area (Å²) in [7, 11) is 0. The lowest BCUT2D eigenvalue weighted by Gasteiger charge is -2.38. The topological polar surface area (TPSA) is 0 Å². The zero-order valence-electron chi connectivity index (χ0n) is 60.5. The van der Waals surface area contributed by atoms with Gasteiger partial charge in [-0.3, -0.25) is 0 Å². The first kappa shape index (κ1) is 67.9. The molecule has 0 heteroatoms. The second kappa shape index (κ2) is 29.3. The summed E-state index contributed by atoms with van der Waals surface area (Å²) >= 11 is 0. The molecule has 9 aromatic rings. The van der Waals surface area contributed by atoms with Gasteiger partial charge in [0.05, 0.1) is 0 Å². The van der Waals surface area contributed by atoms with Crippen molar-refractivity contribution in [2.45, 2.75) is 183 Å². The van der Waals surface area contributed by atoms with Gasteiger partial charge in [-0.1, -0.05) is 334 Å². The molecule has 12 rings (SSSR count). The molecule has 0 heterocycles. The zero-order valence-corrected chi connectivity index (χ0v) is 60.5. The van der Waals surface area contributed by atoms with E-state index in [1.165, 1.54) is 144 Å². The Morgan fingerprint density at radius 3 is 0.740 bits per heavy atom. The molecule has 0 aliphatic heterocycles. The van der Waals surface area contributed by atoms with Crippen LogP contribution in [0, 0.1) is 35.5 Å². The molecule has 0 saturated carbocycles. The van der Waals surface area contributed by atoms with Crippen molar-refractivity contribution >= 4 is 42.5 Å². The van der Waals surface area contributed by atoms with E-state index in [9.17, 15) is 0 Å². The molecular weight excluding hydrogens is 1150 g/mol. The first-order chi connectivity index (χ1) is 46.6. The molecule has 0 amide bonds. The average Bonchev–Trinajstić information content (AvgIpc) is 1.57. The molecule has 9 aromatic carbocycles. The maximum Gasteiger partial charge on any atom is 0.0220 e. The molecule has 0 radical (unpaired) electrons. The van der Waals surface area contributed by atoms with Crippen molar-refractivity contribution in [3.63, 3.8) is 0 Å². The highest BCUT2D eigenvalue weighted by atomic mass is 14.5. The van der Waals surface area contributed by atoms with E-state index < -0.39 is 0 Å². The minimum Gasteiger partial charge on any atom is -0.0871 e. The zero-order chi connectivity index (χ0) is 67.3. The van der Waals surface area contributed by atoms with E-state index in [1.54, 1.807) is 22.3 Å². The van der Waals surface area contributed by atoms with E-state index in [0.29, 0.717) is 35.5 Å². The number of rotatable bonds is 27. The van der Waals surface area contributed by atoms with Crippen LogP contribution in [-0.2, 0) is 16.2 Å². The molecule has 0 bridgehead atoms. The van der Waals surface area contributed by atoms with E-state index in [1.807, 2.05) is 0 Å². The molecule has 6 atom stereocenters. The molecule has 0 fully saturated rings. The highest BCUT2D eigenvalue weighted by Gasteiger charge is 2.48. The van der Waals surface area contributed by atoms with Gasteiger partial charge in [0.2, 0.25) is 0 Å². The second-order valence-corrected chi connectivity index (χ2v) is 30.4. The third kappa shape index (κ3) is 13.5. The van der Waals surface area contributed by atoms with Crippen molar-refractivity contribution in [1.29, 1.82) is 0 Å². The number of allylic oxidation sites excluding steroid dienone is 1. The Morgan fingerprint density at radius 1 is 0.240 bits per heavy atom. The monoisotopic (exact) mass is 1260 g/mol. The predicted molar refractivity (Wildman–Crippen MR) is 421 cm³/mol. The number of hydrogen-bond acceptors (Lipinski definition) is 0. The van der Waals surface area contributed by atoms with Gasteiger partial charge in [0, 0.05) is 16.2 Å². The van der Waals surface area contributed by atoms with Crippen molar-refractivity contribution < 1.29 is 0 Å². The quantitative estimate of drug-likeness (QED) is 0.0450. The van der Waals surface area contributed by atoms with E-state index in [4.69, 9.17) is 0 Å². The van der Waals surface area contributed by atoms with Gasteiger partial charge in [0.1, 0.15) is 0 Å². The molecule has 0 spiro atoms. The normalized spacial score (nSPS) is 19.5. The fraction of sp³-hybridized carbons (Fsp3) is 0.354. The highest BCUT2D eigenvalue weighted by molar-refractivity contribution is 5.90. The van der Waals surface area contributed by atoms with Gasteiger partial charge in [-0.2, -0.15) is 0 Å². The van der Waals surface area contributed by atoms with E-state index >= 15 is 0 Å². The molecular formula is C96H108. The molecule has 0 saturated heterocycles. The van der Waals surface area contributed by atoms with Crippen LogP contribution in [0.3, 0.4) is 0 Å². The summed E-state index contributed by atoms with van der Waals surface area (Å²) in [6.45, 7) is 31.5. The van der Waals surface area contributed by atoms with Gasteiger partial charge >= 0.3 is 0 Å². The molecule has 0 aromatic heterocycles. The summed E-state index contributed by atoms with van der Waals surface area (Å²) in [6, 6.07) is 74.0. The Morgan fingerprint density at radius 2 is 0.458 bits per heavy atom. The summed E-state index contributed by atoms with van der Waals surface area (Å²) in [5.74, 6) is 3.52. The standard InChI is InChI=1S/C96H108/c1-14-23-71-26-28-72(29-27-71)30-31-73-32-34-74(35-33-73)36-37-75-38-40-76(41-39-75)42-43-77-44-49-83-85-51-46-79(56-91(85)95(89(83)54-77,61-67(10)17-4)62-68(11)18-5)81-48-53-87-86-52-47-80(57-92(86)96(93(87)58-81,63-69(12)19-6)64-70(13)20-7)78-45-50-84-82-24-21-22-25-88(82)94(90(84)55-78,59-65(8)15-2)60-66(9)16-3/h14,21-58,65-70H,15-20,59-64H2,1-13H3. The summed E-state index contributed by atoms with van der Waals surface area (Å²) in [6.07, 6.45) is 31.6. The second-order valence-electron chi connectivity index (χ2n) is 30.4. The largest absolute Gasteiger partial charge is 0.0871 e. The number of hydrogen-bond donors (Lipinski definition) is 0. The molecule has 3 aliphatic carbocycles. The van der Waals surface area contributed by atoms with Crippen LogP contribution in [0.4, 0.5) is 0 Å². The van der Waals surface area contributed by atoms with Crippen molar-refractivity contribution in [3.8, 4) is 55.6 Å². The van der Waals surface area contributed by atoms with Gasteiger partial charge in [-0.05, 0) is 233 Å². The lowest BCUT2D eigenvalue weighted by Crippen LogP contribution is -2.30. The van der Waals surface area contributed by atoms with E-state index in [2.05, 4.69) is 327 Å². The lowest BCUT2D eigenvalue weighted by atomic mass is 9.65. The number of fused-ring (bicyclic) bond motifs is 9. The van der Waals surface area contributed by atoms with Crippen LogP contribution < -0.4 is 0 Å². The Labute approximate surface area is 579 Å². The third-order valence-corrected chi connectivity index (χ3v) is 23.6. The Kier molecular flexibility index (Phi) is 20.8. The SMILES string of the molecule is CC=Cc1ccc(C=Cc2ccc(C=Cc3ccc(C=Cc4ccc5c(c4)C(CC(C)CC)(CC(C)CC)c4cc(-c6ccc7c(c6)C(CC(C)CC)(CC(C)CC)c6cc(-c8ccc9c(c8)C(CC(C)CC)(CC(C)CC)c8ccccc8-9)ccc6-7)ccc4-5)cc3)cc2)cc1. The van der Waals surface area contributed by atoms with Crippen molar-refractivity contribution in [2.24, 2.45) is 35.5 Å². The van der Waals surface area contributed by atoms with Gasteiger partial charge in [-0.25, -0.2) is 0 Å². The highest BCUT2D eigenvalue weighted by Crippen LogP contribution is 2.61. The van der Waals surface area contributed by atoms with Gasteiger partial charge in [-0.15, -0.1) is 0 Å². The number of benzene rings is 9. The van der Waals surface area contributed by atoms with Crippen molar-refractivity contribution in [1.82, 2.24) is 0 Å². The first-order valence-corrected chi connectivity index (χ1v) is 37.4. The summed E-state index contributed by atoms with van der Waals surface area (Å²) in [4.78, 5) is 0. The minimum atomic E-state index is -0.120. The van der Waals surface area contributed by atoms with Crippen LogP contribution in [0.25, 0.3) is 98.2 Å². The van der Waals surface area contributed by atoms with Gasteiger partial charge in [0.15, 0.2) is 0 Å². The first-order valence-electron chi connectivity index (χ1n) is 37.4. The van der Waals surface area contributed by atoms with Crippen molar-refractivity contribution in [2.75, 3.05) is 0 Å². The van der Waals surface area contributed by atoms with Crippen LogP contribution in [0.5, 0.6) is 0 Å². The summed E-state index contributed by atoms with van der Waals surface area (Å²) < 4.78 is 0.